The van der Waals surface area contributed by atoms with Crippen LogP contribution in [0, 0.1) is 0 Å². The fourth-order valence-corrected chi connectivity index (χ4v) is 3.88. The van der Waals surface area contributed by atoms with E-state index in [1.54, 1.807) is 24.1 Å². The molecule has 2 heterocycles. The van der Waals surface area contributed by atoms with E-state index in [1.165, 1.54) is 0 Å². The van der Waals surface area contributed by atoms with Crippen LogP contribution in [0.2, 0.25) is 5.02 Å². The Bertz CT molecular complexity index is 1020. The molecule has 0 atom stereocenters. The molecule has 0 unspecified atom stereocenters. The normalized spacial score (nSPS) is 14.5. The molecule has 138 valence electrons. The Hall–Kier alpha value is -2.58. The summed E-state index contributed by atoms with van der Waals surface area (Å²) in [6.07, 6.45) is 5.53. The molecule has 27 heavy (non-hydrogen) atoms. The Labute approximate surface area is 169 Å². The van der Waals surface area contributed by atoms with Crippen LogP contribution < -0.4 is 15.8 Å². The molecule has 0 radical (unpaired) electrons. The summed E-state index contributed by atoms with van der Waals surface area (Å²) < 4.78 is 6.10. The summed E-state index contributed by atoms with van der Waals surface area (Å²) in [4.78, 5) is 22.8. The Morgan fingerprint density at radius 2 is 2.15 bits per heavy atom. The third-order valence-electron chi connectivity index (χ3n) is 4.39. The summed E-state index contributed by atoms with van der Waals surface area (Å²) in [6.45, 7) is 0.714. The summed E-state index contributed by atoms with van der Waals surface area (Å²) in [5.74, 6) is 0.755. The van der Waals surface area contributed by atoms with Crippen LogP contribution in [0.25, 0.3) is 11.3 Å². The van der Waals surface area contributed by atoms with Gasteiger partial charge in [-0.3, -0.25) is 0 Å². The topological polar surface area (TPSA) is 93.4 Å². The molecule has 0 saturated heterocycles. The lowest BCUT2D eigenvalue weighted by Gasteiger charge is -2.18. The van der Waals surface area contributed by atoms with Crippen molar-refractivity contribution in [3.63, 3.8) is 0 Å². The van der Waals surface area contributed by atoms with E-state index in [4.69, 9.17) is 22.1 Å². The number of halogens is 2. The van der Waals surface area contributed by atoms with E-state index in [0.29, 0.717) is 40.8 Å². The van der Waals surface area contributed by atoms with Gasteiger partial charge in [-0.15, -0.1) is 0 Å². The molecule has 0 bridgehead atoms. The molecule has 9 heteroatoms. The number of anilines is 1. The predicted octanol–water partition coefficient (Wildman–Crippen LogP) is 3.63. The fraction of sp³-hybridized carbons (Fsp3) is 0.167. The lowest BCUT2D eigenvalue weighted by atomic mass is 10.1. The van der Waals surface area contributed by atoms with Crippen molar-refractivity contribution < 1.29 is 9.53 Å². The first-order chi connectivity index (χ1) is 13.0. The van der Waals surface area contributed by atoms with Gasteiger partial charge in [0.1, 0.15) is 5.75 Å². The Kier molecular flexibility index (Phi) is 4.53. The second kappa shape index (κ2) is 6.86. The highest BCUT2D eigenvalue weighted by Crippen LogP contribution is 2.39. The summed E-state index contributed by atoms with van der Waals surface area (Å²) in [5.41, 5.74) is 9.50. The van der Waals surface area contributed by atoms with Crippen molar-refractivity contribution in [3.05, 3.63) is 56.8 Å². The van der Waals surface area contributed by atoms with E-state index in [1.807, 2.05) is 18.2 Å². The average Bonchev–Trinajstić information content (AvgIpc) is 3.01. The number of nitrogen functional groups attached to an aromatic ring is 1. The second-order valence-electron chi connectivity index (χ2n) is 6.09. The highest BCUT2D eigenvalue weighted by molar-refractivity contribution is 9.10. The number of carbonyl (C=O) groups excluding carboxylic acids is 1. The van der Waals surface area contributed by atoms with Crippen LogP contribution in [0.5, 0.6) is 5.75 Å². The summed E-state index contributed by atoms with van der Waals surface area (Å²) in [5, 5.41) is 3.33. The van der Waals surface area contributed by atoms with Gasteiger partial charge in [0.15, 0.2) is 0 Å². The van der Waals surface area contributed by atoms with Gasteiger partial charge in [-0.2, -0.15) is 0 Å². The third kappa shape index (κ3) is 3.26. The SMILES string of the molecule is COc1cc(-c2nc(N)nc3c2CN(C(=O)NC2=CC=C2)C3)c(Cl)cc1Br. The van der Waals surface area contributed by atoms with Gasteiger partial charge >= 0.3 is 6.03 Å². The van der Waals surface area contributed by atoms with Crippen LogP contribution in [0.15, 0.2) is 40.5 Å². The minimum atomic E-state index is -0.201. The lowest BCUT2D eigenvalue weighted by Crippen LogP contribution is -2.36. The van der Waals surface area contributed by atoms with Gasteiger partial charge in [0.25, 0.3) is 0 Å². The number of ether oxygens (including phenoxy) is 1. The molecule has 1 aliphatic heterocycles. The van der Waals surface area contributed by atoms with Gasteiger partial charge in [0.05, 0.1) is 41.1 Å². The number of amides is 2. The van der Waals surface area contributed by atoms with E-state index in [-0.39, 0.29) is 12.0 Å². The van der Waals surface area contributed by atoms with E-state index in [9.17, 15) is 4.79 Å². The zero-order chi connectivity index (χ0) is 19.1. The molecule has 2 aromatic rings. The van der Waals surface area contributed by atoms with Crippen molar-refractivity contribution in [1.29, 1.82) is 0 Å². The van der Waals surface area contributed by atoms with Gasteiger partial charge in [0, 0.05) is 16.8 Å². The largest absolute Gasteiger partial charge is 0.496 e. The minimum absolute atomic E-state index is 0.133. The summed E-state index contributed by atoms with van der Waals surface area (Å²) in [7, 11) is 1.58. The van der Waals surface area contributed by atoms with Crippen molar-refractivity contribution in [2.75, 3.05) is 12.8 Å². The molecule has 4 rings (SSSR count). The maximum atomic E-state index is 12.5. The molecule has 1 aromatic heterocycles. The molecule has 7 nitrogen and oxygen atoms in total. The number of hydrogen-bond donors (Lipinski definition) is 2. The first-order valence-electron chi connectivity index (χ1n) is 8.09. The zero-order valence-corrected chi connectivity index (χ0v) is 16.6. The Balaban J connectivity index is 1.71. The number of methoxy groups -OCH3 is 1. The molecule has 1 aromatic carbocycles. The number of nitrogens with two attached hydrogens (primary N) is 1. The maximum Gasteiger partial charge on any atom is 0.322 e. The smallest absolute Gasteiger partial charge is 0.322 e. The molecular weight excluding hydrogens is 434 g/mol. The van der Waals surface area contributed by atoms with E-state index < -0.39 is 0 Å². The third-order valence-corrected chi connectivity index (χ3v) is 5.32. The Morgan fingerprint density at radius 3 is 2.81 bits per heavy atom. The standard InChI is InChI=1S/C18H15BrClN5O2/c1-27-15-5-10(13(20)6-12(15)19)16-11-7-25(8-14(11)23-17(21)24-16)18(26)22-9-3-2-4-9/h2-6H,7-8H2,1H3,(H,22,26)(H2,21,23,24). The highest BCUT2D eigenvalue weighted by atomic mass is 79.9. The van der Waals surface area contributed by atoms with Gasteiger partial charge < -0.3 is 20.7 Å². The molecule has 2 amide bonds. The number of fused-ring (bicyclic) bond motifs is 1. The van der Waals surface area contributed by atoms with Crippen molar-refractivity contribution in [2.24, 2.45) is 0 Å². The molecule has 0 spiro atoms. The van der Waals surface area contributed by atoms with E-state index >= 15 is 0 Å². The zero-order valence-electron chi connectivity index (χ0n) is 14.3. The number of hydrogen-bond acceptors (Lipinski definition) is 5. The molecule has 2 aliphatic rings. The number of carbonyl (C=O) groups is 1. The first kappa shape index (κ1) is 17.8. The summed E-state index contributed by atoms with van der Waals surface area (Å²) >= 11 is 9.86. The fourth-order valence-electron chi connectivity index (χ4n) is 2.99. The van der Waals surface area contributed by atoms with Gasteiger partial charge in [-0.1, -0.05) is 17.7 Å². The van der Waals surface area contributed by atoms with E-state index in [0.717, 1.165) is 15.7 Å². The molecule has 1 aliphatic carbocycles. The molecular formula is C18H15BrClN5O2. The minimum Gasteiger partial charge on any atom is -0.496 e. The van der Waals surface area contributed by atoms with Crippen molar-refractivity contribution in [3.8, 4) is 17.0 Å². The van der Waals surface area contributed by atoms with Crippen LogP contribution >= 0.6 is 27.5 Å². The van der Waals surface area contributed by atoms with Crippen LogP contribution in [0.1, 0.15) is 11.3 Å². The predicted molar refractivity (Wildman–Crippen MR) is 106 cm³/mol. The highest BCUT2D eigenvalue weighted by Gasteiger charge is 2.30. The van der Waals surface area contributed by atoms with Gasteiger partial charge in [-0.05, 0) is 40.2 Å². The number of aromatic nitrogens is 2. The molecule has 0 fully saturated rings. The van der Waals surface area contributed by atoms with Crippen molar-refractivity contribution in [1.82, 2.24) is 20.2 Å². The monoisotopic (exact) mass is 447 g/mol. The first-order valence-corrected chi connectivity index (χ1v) is 9.26. The average molecular weight is 449 g/mol. The molecule has 0 saturated carbocycles. The number of nitrogens with zero attached hydrogens (tertiary/aromatic N) is 3. The van der Waals surface area contributed by atoms with Crippen LogP contribution in [-0.4, -0.2) is 28.0 Å². The van der Waals surface area contributed by atoms with Gasteiger partial charge in [0.2, 0.25) is 5.95 Å². The van der Waals surface area contributed by atoms with E-state index in [2.05, 4.69) is 31.2 Å². The number of rotatable bonds is 3. The number of urea groups is 1. The number of allylic oxidation sites excluding steroid dienone is 3. The van der Waals surface area contributed by atoms with Crippen molar-refractivity contribution in [2.45, 2.75) is 13.1 Å². The van der Waals surface area contributed by atoms with Crippen molar-refractivity contribution >= 4 is 39.5 Å². The lowest BCUT2D eigenvalue weighted by molar-refractivity contribution is 0.201. The quantitative estimate of drug-likeness (QED) is 0.748. The molecule has 3 N–H and O–H groups in total. The van der Waals surface area contributed by atoms with Crippen LogP contribution in [-0.2, 0) is 13.1 Å². The second-order valence-corrected chi connectivity index (χ2v) is 7.35. The number of nitrogens with one attached hydrogen (secondary N) is 1. The number of benzene rings is 1. The van der Waals surface area contributed by atoms with Crippen LogP contribution in [0.3, 0.4) is 0 Å². The van der Waals surface area contributed by atoms with Gasteiger partial charge in [-0.25, -0.2) is 14.8 Å². The van der Waals surface area contributed by atoms with Crippen LogP contribution in [0.4, 0.5) is 10.7 Å². The summed E-state index contributed by atoms with van der Waals surface area (Å²) in [6, 6.07) is 3.34. The Morgan fingerprint density at radius 1 is 1.37 bits per heavy atom. The maximum absolute atomic E-state index is 12.5.